The molecule has 3 rings (SSSR count). The molecule has 7 heteroatoms. The molecule has 0 aliphatic heterocycles. The third-order valence-electron chi connectivity index (χ3n) is 3.37. The number of hydrogen-bond acceptors (Lipinski definition) is 4. The highest BCUT2D eigenvalue weighted by atomic mass is 35.5. The van der Waals surface area contributed by atoms with Crippen LogP contribution in [0, 0.1) is 5.82 Å². The normalized spacial score (nSPS) is 10.3. The highest BCUT2D eigenvalue weighted by Gasteiger charge is 2.09. The van der Waals surface area contributed by atoms with Crippen molar-refractivity contribution in [3.8, 4) is 0 Å². The Morgan fingerprint density at radius 1 is 1.08 bits per heavy atom. The highest BCUT2D eigenvalue weighted by Crippen LogP contribution is 2.16. The van der Waals surface area contributed by atoms with Gasteiger partial charge in [0.2, 0.25) is 0 Å². The van der Waals surface area contributed by atoms with Gasteiger partial charge >= 0.3 is 0 Å². The molecule has 0 aliphatic rings. The zero-order valence-electron chi connectivity index (χ0n) is 13.0. The minimum atomic E-state index is -0.366. The lowest BCUT2D eigenvalue weighted by molar-refractivity contribution is 0.102. The van der Waals surface area contributed by atoms with Crippen LogP contribution in [0.5, 0.6) is 0 Å². The number of nitrogens with one attached hydrogen (secondary N) is 2. The average molecular weight is 357 g/mol. The van der Waals surface area contributed by atoms with Crippen LogP contribution in [0.4, 0.5) is 15.9 Å². The van der Waals surface area contributed by atoms with E-state index in [0.29, 0.717) is 23.1 Å². The van der Waals surface area contributed by atoms with E-state index in [-0.39, 0.29) is 17.4 Å². The smallest absolute Gasteiger partial charge is 0.274 e. The van der Waals surface area contributed by atoms with Gasteiger partial charge < -0.3 is 10.6 Å². The largest absolute Gasteiger partial charge is 0.366 e. The van der Waals surface area contributed by atoms with E-state index in [1.807, 2.05) is 0 Å². The molecule has 0 saturated heterocycles. The summed E-state index contributed by atoms with van der Waals surface area (Å²) in [4.78, 5) is 20.3. The van der Waals surface area contributed by atoms with Crippen molar-refractivity contribution >= 4 is 29.0 Å². The zero-order chi connectivity index (χ0) is 17.6. The van der Waals surface area contributed by atoms with Crippen molar-refractivity contribution in [2.24, 2.45) is 0 Å². The predicted octanol–water partition coefficient (Wildman–Crippen LogP) is 4.13. The van der Waals surface area contributed by atoms with Crippen LogP contribution in [0.1, 0.15) is 16.1 Å². The summed E-state index contributed by atoms with van der Waals surface area (Å²) in [6, 6.07) is 14.5. The zero-order valence-corrected chi connectivity index (χ0v) is 13.8. The molecular formula is C18H14ClFN4O. The van der Waals surface area contributed by atoms with Crippen molar-refractivity contribution in [3.05, 3.63) is 83.0 Å². The molecule has 2 N–H and O–H groups in total. The van der Waals surface area contributed by atoms with Gasteiger partial charge in [0, 0.05) is 23.3 Å². The Labute approximate surface area is 148 Å². The molecule has 5 nitrogen and oxygen atoms in total. The van der Waals surface area contributed by atoms with Gasteiger partial charge in [-0.15, -0.1) is 0 Å². The van der Waals surface area contributed by atoms with Crippen molar-refractivity contribution in [1.82, 2.24) is 9.97 Å². The lowest BCUT2D eigenvalue weighted by Gasteiger charge is -2.08. The number of nitrogens with zero attached hydrogens (tertiary/aromatic N) is 2. The molecule has 1 heterocycles. The summed E-state index contributed by atoms with van der Waals surface area (Å²) >= 11 is 5.90. The molecular weight excluding hydrogens is 343 g/mol. The SMILES string of the molecule is O=C(Nc1cccc(Cl)c1)c1cc(NCc2ccc(F)cc2)ncn1. The first-order valence-corrected chi connectivity index (χ1v) is 7.85. The van der Waals surface area contributed by atoms with Crippen LogP contribution in [0.2, 0.25) is 5.02 Å². The molecule has 0 unspecified atom stereocenters. The van der Waals surface area contributed by atoms with Crippen LogP contribution in [0.15, 0.2) is 60.9 Å². The molecule has 0 bridgehead atoms. The van der Waals surface area contributed by atoms with E-state index in [0.717, 1.165) is 5.56 Å². The maximum absolute atomic E-state index is 12.9. The van der Waals surface area contributed by atoms with Crippen LogP contribution in [-0.4, -0.2) is 15.9 Å². The molecule has 0 radical (unpaired) electrons. The quantitative estimate of drug-likeness (QED) is 0.721. The van der Waals surface area contributed by atoms with Gasteiger partial charge in [0.25, 0.3) is 5.91 Å². The minimum absolute atomic E-state index is 0.219. The summed E-state index contributed by atoms with van der Waals surface area (Å²) in [5.74, 6) is -0.157. The standard InChI is InChI=1S/C18H14ClFN4O/c19-13-2-1-3-15(8-13)24-18(25)16-9-17(23-11-22-16)21-10-12-4-6-14(20)7-5-12/h1-9,11H,10H2,(H,24,25)(H,21,22,23). The highest BCUT2D eigenvalue weighted by molar-refractivity contribution is 6.30. The fraction of sp³-hybridized carbons (Fsp3) is 0.0556. The van der Waals surface area contributed by atoms with E-state index in [1.54, 1.807) is 42.5 Å². The Bertz CT molecular complexity index is 886. The minimum Gasteiger partial charge on any atom is -0.366 e. The van der Waals surface area contributed by atoms with E-state index in [1.165, 1.54) is 18.5 Å². The molecule has 0 saturated carbocycles. The molecule has 0 spiro atoms. The number of halogens is 2. The Morgan fingerprint density at radius 3 is 2.64 bits per heavy atom. The van der Waals surface area contributed by atoms with Crippen molar-refractivity contribution in [3.63, 3.8) is 0 Å². The fourth-order valence-corrected chi connectivity index (χ4v) is 2.32. The second-order valence-corrected chi connectivity index (χ2v) is 5.67. The van der Waals surface area contributed by atoms with Crippen LogP contribution >= 0.6 is 11.6 Å². The fourth-order valence-electron chi connectivity index (χ4n) is 2.13. The molecule has 2 aromatic carbocycles. The monoisotopic (exact) mass is 356 g/mol. The second-order valence-electron chi connectivity index (χ2n) is 5.23. The van der Waals surface area contributed by atoms with E-state index < -0.39 is 0 Å². The summed E-state index contributed by atoms with van der Waals surface area (Å²) in [5.41, 5.74) is 1.69. The van der Waals surface area contributed by atoms with Crippen molar-refractivity contribution in [2.75, 3.05) is 10.6 Å². The number of rotatable bonds is 5. The summed E-state index contributed by atoms with van der Waals surface area (Å²) in [5, 5.41) is 6.33. The first-order valence-electron chi connectivity index (χ1n) is 7.47. The van der Waals surface area contributed by atoms with Crippen LogP contribution < -0.4 is 10.6 Å². The number of benzene rings is 2. The summed E-state index contributed by atoms with van der Waals surface area (Å²) in [7, 11) is 0. The van der Waals surface area contributed by atoms with Gasteiger partial charge in [0.1, 0.15) is 23.7 Å². The second kappa shape index (κ2) is 7.72. The number of carbonyl (C=O) groups is 1. The topological polar surface area (TPSA) is 66.9 Å². The van der Waals surface area contributed by atoms with Gasteiger partial charge in [0.05, 0.1) is 0 Å². The van der Waals surface area contributed by atoms with Crippen LogP contribution in [-0.2, 0) is 6.54 Å². The first kappa shape index (κ1) is 16.9. The van der Waals surface area contributed by atoms with Crippen molar-refractivity contribution in [2.45, 2.75) is 6.54 Å². The summed E-state index contributed by atoms with van der Waals surface area (Å²) < 4.78 is 12.9. The van der Waals surface area contributed by atoms with Gasteiger partial charge in [-0.3, -0.25) is 4.79 Å². The molecule has 0 atom stereocenters. The molecule has 1 amide bonds. The van der Waals surface area contributed by atoms with Gasteiger partial charge in [-0.25, -0.2) is 14.4 Å². The Morgan fingerprint density at radius 2 is 1.88 bits per heavy atom. The Hall–Kier alpha value is -2.99. The Kier molecular flexibility index (Phi) is 5.20. The molecule has 126 valence electrons. The van der Waals surface area contributed by atoms with Gasteiger partial charge in [-0.1, -0.05) is 29.8 Å². The summed E-state index contributed by atoms with van der Waals surface area (Å²) in [6.07, 6.45) is 1.31. The predicted molar refractivity (Wildman–Crippen MR) is 95.2 cm³/mol. The maximum atomic E-state index is 12.9. The molecule has 1 aromatic heterocycles. The molecule has 25 heavy (non-hydrogen) atoms. The van der Waals surface area contributed by atoms with E-state index >= 15 is 0 Å². The Balaban J connectivity index is 1.66. The summed E-state index contributed by atoms with van der Waals surface area (Å²) in [6.45, 7) is 0.451. The lowest BCUT2D eigenvalue weighted by atomic mass is 10.2. The van der Waals surface area contributed by atoms with Gasteiger partial charge in [0.15, 0.2) is 0 Å². The van der Waals surface area contributed by atoms with Crippen molar-refractivity contribution < 1.29 is 9.18 Å². The first-order chi connectivity index (χ1) is 12.1. The van der Waals surface area contributed by atoms with Gasteiger partial charge in [-0.05, 0) is 35.9 Å². The molecule has 0 fully saturated rings. The van der Waals surface area contributed by atoms with E-state index in [9.17, 15) is 9.18 Å². The van der Waals surface area contributed by atoms with Crippen molar-refractivity contribution in [1.29, 1.82) is 0 Å². The third kappa shape index (κ3) is 4.74. The number of carbonyl (C=O) groups excluding carboxylic acids is 1. The maximum Gasteiger partial charge on any atom is 0.274 e. The number of aromatic nitrogens is 2. The number of anilines is 2. The number of amides is 1. The lowest BCUT2D eigenvalue weighted by Crippen LogP contribution is -2.14. The third-order valence-corrected chi connectivity index (χ3v) is 3.60. The van der Waals surface area contributed by atoms with E-state index in [4.69, 9.17) is 11.6 Å². The van der Waals surface area contributed by atoms with Crippen LogP contribution in [0.3, 0.4) is 0 Å². The molecule has 0 aliphatic carbocycles. The van der Waals surface area contributed by atoms with Gasteiger partial charge in [-0.2, -0.15) is 0 Å². The van der Waals surface area contributed by atoms with Crippen LogP contribution in [0.25, 0.3) is 0 Å². The number of hydrogen-bond donors (Lipinski definition) is 2. The molecule has 3 aromatic rings. The average Bonchev–Trinajstić information content (AvgIpc) is 2.61. The van der Waals surface area contributed by atoms with E-state index in [2.05, 4.69) is 20.6 Å².